The number of anilines is 1. The Hall–Kier alpha value is -0.730. The lowest BCUT2D eigenvalue weighted by Crippen LogP contribution is -2.51. The molecule has 1 unspecified atom stereocenters. The molecule has 0 radical (unpaired) electrons. The maximum Gasteiger partial charge on any atom is 0.185 e. The van der Waals surface area contributed by atoms with Gasteiger partial charge < -0.3 is 20.2 Å². The molecule has 0 spiro atoms. The Morgan fingerprint density at radius 1 is 1.20 bits per heavy atom. The third-order valence-corrected chi connectivity index (χ3v) is 6.33. The second kappa shape index (κ2) is 9.83. The van der Waals surface area contributed by atoms with Gasteiger partial charge in [0, 0.05) is 36.8 Å². The highest BCUT2D eigenvalue weighted by atomic mass is 32.1. The Balaban J connectivity index is 0.000000186. The number of likely N-dealkylation sites (N-methyl/N-ethyl adjacent to an activating group) is 1. The van der Waals surface area contributed by atoms with E-state index in [1.807, 2.05) is 29.5 Å². The molecular formula is C18H33N3O3S. The lowest BCUT2D eigenvalue weighted by molar-refractivity contribution is -0.0626. The Bertz CT molecular complexity index is 506. The second-order valence-electron chi connectivity index (χ2n) is 7.39. The fraction of sp³-hybridized carbons (Fsp3) is 0.833. The second-order valence-corrected chi connectivity index (χ2v) is 8.43. The van der Waals surface area contributed by atoms with E-state index in [1.54, 1.807) is 0 Å². The normalized spacial score (nSPS) is 28.0. The molecule has 0 aliphatic carbocycles. The van der Waals surface area contributed by atoms with E-state index in [2.05, 4.69) is 23.7 Å². The number of aliphatic hydroxyl groups excluding tert-OH is 3. The van der Waals surface area contributed by atoms with Crippen LogP contribution in [0.1, 0.15) is 50.3 Å². The van der Waals surface area contributed by atoms with Crippen LogP contribution >= 0.6 is 11.3 Å². The Kier molecular flexibility index (Phi) is 8.09. The number of β-amino-alcohol motifs (C(OH)–C–C–N with tert-alkyl or cyclic N) is 1. The highest BCUT2D eigenvalue weighted by molar-refractivity contribution is 7.15. The topological polar surface area (TPSA) is 80.1 Å². The summed E-state index contributed by atoms with van der Waals surface area (Å²) in [6.07, 6.45) is 5.20. The summed E-state index contributed by atoms with van der Waals surface area (Å²) in [6, 6.07) is -0.00611. The van der Waals surface area contributed by atoms with Gasteiger partial charge in [0.15, 0.2) is 5.13 Å². The third-order valence-electron chi connectivity index (χ3n) is 4.97. The van der Waals surface area contributed by atoms with Gasteiger partial charge >= 0.3 is 0 Å². The third kappa shape index (κ3) is 5.89. The Morgan fingerprint density at radius 3 is 2.44 bits per heavy atom. The number of hydrogen-bond acceptors (Lipinski definition) is 7. The summed E-state index contributed by atoms with van der Waals surface area (Å²) in [5.74, 6) is 0.617. The molecule has 2 fully saturated rings. The van der Waals surface area contributed by atoms with Crippen molar-refractivity contribution in [2.75, 3.05) is 38.2 Å². The van der Waals surface area contributed by atoms with Crippen molar-refractivity contribution in [2.45, 2.75) is 63.7 Å². The van der Waals surface area contributed by atoms with Crippen LogP contribution in [0.25, 0.3) is 0 Å². The first-order valence-corrected chi connectivity index (χ1v) is 10.1. The van der Waals surface area contributed by atoms with E-state index in [1.165, 1.54) is 42.4 Å². The quantitative estimate of drug-likeness (QED) is 0.750. The molecule has 0 aromatic carbocycles. The van der Waals surface area contributed by atoms with E-state index in [0.717, 1.165) is 0 Å². The number of likely N-dealkylation sites (tertiary alicyclic amines) is 1. The van der Waals surface area contributed by atoms with Crippen molar-refractivity contribution in [2.24, 2.45) is 0 Å². The zero-order chi connectivity index (χ0) is 18.4. The molecule has 0 bridgehead atoms. The monoisotopic (exact) mass is 371 g/mol. The van der Waals surface area contributed by atoms with Crippen molar-refractivity contribution in [1.29, 1.82) is 0 Å². The van der Waals surface area contributed by atoms with Gasteiger partial charge in [-0.05, 0) is 38.6 Å². The molecule has 2 saturated heterocycles. The van der Waals surface area contributed by atoms with Gasteiger partial charge in [0.1, 0.15) is 0 Å². The van der Waals surface area contributed by atoms with Crippen LogP contribution in [0.15, 0.2) is 6.20 Å². The van der Waals surface area contributed by atoms with Gasteiger partial charge in [-0.3, -0.25) is 4.90 Å². The fourth-order valence-corrected chi connectivity index (χ4v) is 4.14. The smallest absolute Gasteiger partial charge is 0.185 e. The zero-order valence-electron chi connectivity index (χ0n) is 15.6. The van der Waals surface area contributed by atoms with Crippen LogP contribution in [-0.4, -0.2) is 76.7 Å². The maximum atomic E-state index is 9.21. The summed E-state index contributed by atoms with van der Waals surface area (Å²) < 4.78 is 0. The lowest BCUT2D eigenvalue weighted by Gasteiger charge is -2.37. The highest BCUT2D eigenvalue weighted by Gasteiger charge is 2.30. The number of piperidine rings is 2. The SMILES string of the molecule is CC(C)c1cnc(N2CCCCC2)s1.CN1C[C@H](O)C(O)C[C@@H]1CO. The first kappa shape index (κ1) is 20.6. The molecule has 0 amide bonds. The first-order valence-electron chi connectivity index (χ1n) is 9.30. The van der Waals surface area contributed by atoms with Crippen molar-refractivity contribution in [3.8, 4) is 0 Å². The first-order chi connectivity index (χ1) is 11.9. The standard InChI is InChI=1S/C11H18N2S.C7H15NO3/c1-9(2)10-8-12-11(14-10)13-6-4-3-5-7-13;1-8-3-7(11)6(10)2-5(8)4-9/h8-9H,3-7H2,1-2H3;5-7,9-11H,2-4H2,1H3/t;5-,6?,7+/m.1/s1. The summed E-state index contributed by atoms with van der Waals surface area (Å²) >= 11 is 1.86. The summed E-state index contributed by atoms with van der Waals surface area (Å²) in [7, 11) is 1.83. The van der Waals surface area contributed by atoms with Crippen LogP contribution in [0.2, 0.25) is 0 Å². The van der Waals surface area contributed by atoms with Crippen LogP contribution in [0, 0.1) is 0 Å². The molecule has 144 valence electrons. The van der Waals surface area contributed by atoms with E-state index in [9.17, 15) is 10.2 Å². The van der Waals surface area contributed by atoms with E-state index in [-0.39, 0.29) is 12.6 Å². The van der Waals surface area contributed by atoms with Gasteiger partial charge in [0.2, 0.25) is 0 Å². The molecule has 7 heteroatoms. The van der Waals surface area contributed by atoms with E-state index in [0.29, 0.717) is 18.9 Å². The molecule has 2 aliphatic rings. The molecule has 2 aliphatic heterocycles. The van der Waals surface area contributed by atoms with E-state index in [4.69, 9.17) is 5.11 Å². The van der Waals surface area contributed by atoms with Crippen molar-refractivity contribution >= 4 is 16.5 Å². The average molecular weight is 372 g/mol. The molecule has 0 saturated carbocycles. The zero-order valence-corrected chi connectivity index (χ0v) is 16.5. The van der Waals surface area contributed by atoms with Crippen molar-refractivity contribution < 1.29 is 15.3 Å². The number of aliphatic hydroxyl groups is 3. The minimum atomic E-state index is -0.677. The Morgan fingerprint density at radius 2 is 1.88 bits per heavy atom. The molecule has 1 aromatic rings. The summed E-state index contributed by atoms with van der Waals surface area (Å²) in [4.78, 5) is 10.2. The number of aromatic nitrogens is 1. The largest absolute Gasteiger partial charge is 0.395 e. The van der Waals surface area contributed by atoms with Crippen molar-refractivity contribution in [3.63, 3.8) is 0 Å². The van der Waals surface area contributed by atoms with Crippen molar-refractivity contribution in [1.82, 2.24) is 9.88 Å². The predicted molar refractivity (Wildman–Crippen MR) is 102 cm³/mol. The molecule has 25 heavy (non-hydrogen) atoms. The van der Waals surface area contributed by atoms with Crippen LogP contribution in [-0.2, 0) is 0 Å². The molecule has 3 heterocycles. The number of nitrogens with zero attached hydrogens (tertiary/aromatic N) is 3. The van der Waals surface area contributed by atoms with Gasteiger partial charge in [-0.25, -0.2) is 4.98 Å². The van der Waals surface area contributed by atoms with Crippen LogP contribution in [0.5, 0.6) is 0 Å². The number of rotatable bonds is 3. The van der Waals surface area contributed by atoms with Crippen LogP contribution in [0.3, 0.4) is 0 Å². The number of hydrogen-bond donors (Lipinski definition) is 3. The van der Waals surface area contributed by atoms with E-state index < -0.39 is 12.2 Å². The van der Waals surface area contributed by atoms with Gasteiger partial charge in [0.25, 0.3) is 0 Å². The lowest BCUT2D eigenvalue weighted by atomic mass is 9.98. The summed E-state index contributed by atoms with van der Waals surface area (Å²) in [5.41, 5.74) is 0. The van der Waals surface area contributed by atoms with Crippen LogP contribution in [0.4, 0.5) is 5.13 Å². The minimum Gasteiger partial charge on any atom is -0.395 e. The van der Waals surface area contributed by atoms with E-state index >= 15 is 0 Å². The molecule has 3 atom stereocenters. The summed E-state index contributed by atoms with van der Waals surface area (Å²) in [5, 5.41) is 28.5. The molecule has 6 nitrogen and oxygen atoms in total. The fourth-order valence-electron chi connectivity index (χ4n) is 3.17. The Labute approximate surface area is 155 Å². The van der Waals surface area contributed by atoms with Gasteiger partial charge in [-0.2, -0.15) is 0 Å². The van der Waals surface area contributed by atoms with Gasteiger partial charge in [-0.15, -0.1) is 11.3 Å². The molecule has 3 N–H and O–H groups in total. The highest BCUT2D eigenvalue weighted by Crippen LogP contribution is 2.29. The van der Waals surface area contributed by atoms with Crippen molar-refractivity contribution in [3.05, 3.63) is 11.1 Å². The predicted octanol–water partition coefficient (Wildman–Crippen LogP) is 1.66. The minimum absolute atomic E-state index is 0.00611. The molecular weight excluding hydrogens is 338 g/mol. The molecule has 3 rings (SSSR count). The van der Waals surface area contributed by atoms with Crippen LogP contribution < -0.4 is 4.90 Å². The maximum absolute atomic E-state index is 9.21. The summed E-state index contributed by atoms with van der Waals surface area (Å²) in [6.45, 7) is 7.34. The van der Waals surface area contributed by atoms with Gasteiger partial charge in [0.05, 0.1) is 18.8 Å². The number of thiazole rings is 1. The average Bonchev–Trinajstić information content (AvgIpc) is 3.10. The molecule has 1 aromatic heterocycles. The van der Waals surface area contributed by atoms with Gasteiger partial charge in [-0.1, -0.05) is 13.8 Å².